The Morgan fingerprint density at radius 1 is 1.29 bits per heavy atom. The van der Waals surface area contributed by atoms with Gasteiger partial charge < -0.3 is 4.57 Å². The number of rotatable bonds is 3. The van der Waals surface area contributed by atoms with Crippen molar-refractivity contribution in [3.05, 3.63) is 45.6 Å². The van der Waals surface area contributed by atoms with Crippen LogP contribution in [0.4, 0.5) is 0 Å². The number of hydrogen-bond acceptors (Lipinski definition) is 4. The van der Waals surface area contributed by atoms with Crippen LogP contribution in [0.25, 0.3) is 10.2 Å². The molecule has 0 saturated heterocycles. The summed E-state index contributed by atoms with van der Waals surface area (Å²) in [5.74, 6) is 2.46. The lowest BCUT2D eigenvalue weighted by molar-refractivity contribution is 0.391. The summed E-state index contributed by atoms with van der Waals surface area (Å²) < 4.78 is 4.86. The minimum Gasteiger partial charge on any atom is -0.316 e. The second kappa shape index (κ2) is 4.80. The molecule has 108 valence electrons. The topological polar surface area (TPSA) is 52.7 Å². The predicted octanol–water partition coefficient (Wildman–Crippen LogP) is 2.51. The Balaban J connectivity index is 1.73. The van der Waals surface area contributed by atoms with Crippen LogP contribution in [0.5, 0.6) is 0 Å². The van der Waals surface area contributed by atoms with E-state index in [-0.39, 0.29) is 4.87 Å². The maximum Gasteiger partial charge on any atom is 0.308 e. The van der Waals surface area contributed by atoms with E-state index < -0.39 is 0 Å². The average Bonchev–Trinajstić information content (AvgIpc) is 2.92. The molecule has 0 spiro atoms. The second-order valence-electron chi connectivity index (χ2n) is 5.58. The van der Waals surface area contributed by atoms with Crippen LogP contribution in [-0.4, -0.2) is 19.3 Å². The molecule has 1 aromatic carbocycles. The third kappa shape index (κ3) is 2.01. The van der Waals surface area contributed by atoms with Crippen molar-refractivity contribution in [2.24, 2.45) is 7.05 Å². The van der Waals surface area contributed by atoms with Crippen molar-refractivity contribution < 1.29 is 0 Å². The van der Waals surface area contributed by atoms with E-state index in [9.17, 15) is 4.79 Å². The normalized spacial score (nSPS) is 15.5. The van der Waals surface area contributed by atoms with Crippen molar-refractivity contribution in [2.75, 3.05) is 0 Å². The molecule has 0 atom stereocenters. The molecule has 3 aromatic rings. The van der Waals surface area contributed by atoms with Gasteiger partial charge >= 0.3 is 4.87 Å². The van der Waals surface area contributed by atoms with Crippen LogP contribution < -0.4 is 4.87 Å². The van der Waals surface area contributed by atoms with Crippen molar-refractivity contribution >= 4 is 21.6 Å². The van der Waals surface area contributed by atoms with Crippen LogP contribution in [0.3, 0.4) is 0 Å². The highest BCUT2D eigenvalue weighted by Gasteiger charge is 2.25. The SMILES string of the molecule is Cn1c(Cn2c(=O)sc3ccccc32)nnc1C1CCC1. The fraction of sp³-hybridized carbons (Fsp3) is 0.400. The van der Waals surface area contributed by atoms with Crippen LogP contribution in [-0.2, 0) is 13.6 Å². The smallest absolute Gasteiger partial charge is 0.308 e. The fourth-order valence-electron chi connectivity index (χ4n) is 2.84. The third-order valence-electron chi connectivity index (χ3n) is 4.34. The maximum atomic E-state index is 12.2. The van der Waals surface area contributed by atoms with Crippen molar-refractivity contribution in [3.63, 3.8) is 0 Å². The molecule has 4 rings (SSSR count). The summed E-state index contributed by atoms with van der Waals surface area (Å²) in [6.07, 6.45) is 3.68. The molecule has 1 aliphatic carbocycles. The summed E-state index contributed by atoms with van der Waals surface area (Å²) in [6, 6.07) is 7.88. The van der Waals surface area contributed by atoms with E-state index >= 15 is 0 Å². The van der Waals surface area contributed by atoms with Crippen molar-refractivity contribution in [1.29, 1.82) is 0 Å². The first-order chi connectivity index (χ1) is 10.2. The lowest BCUT2D eigenvalue weighted by Crippen LogP contribution is -2.18. The molecule has 5 nitrogen and oxygen atoms in total. The van der Waals surface area contributed by atoms with Gasteiger partial charge in [0.15, 0.2) is 5.82 Å². The zero-order valence-electron chi connectivity index (χ0n) is 11.8. The molecule has 21 heavy (non-hydrogen) atoms. The van der Waals surface area contributed by atoms with Gasteiger partial charge in [-0.2, -0.15) is 0 Å². The van der Waals surface area contributed by atoms with E-state index in [1.165, 1.54) is 30.6 Å². The highest BCUT2D eigenvalue weighted by atomic mass is 32.1. The van der Waals surface area contributed by atoms with Gasteiger partial charge in [-0.05, 0) is 25.0 Å². The minimum absolute atomic E-state index is 0.0596. The van der Waals surface area contributed by atoms with E-state index in [2.05, 4.69) is 14.8 Å². The highest BCUT2D eigenvalue weighted by molar-refractivity contribution is 7.16. The molecule has 0 amide bonds. The van der Waals surface area contributed by atoms with Crippen LogP contribution in [0.2, 0.25) is 0 Å². The first-order valence-electron chi connectivity index (χ1n) is 7.20. The Morgan fingerprint density at radius 3 is 2.86 bits per heavy atom. The lowest BCUT2D eigenvalue weighted by Gasteiger charge is -2.24. The molecule has 1 saturated carbocycles. The summed E-state index contributed by atoms with van der Waals surface area (Å²) in [4.78, 5) is 12.2. The van der Waals surface area contributed by atoms with E-state index in [0.717, 1.165) is 21.9 Å². The maximum absolute atomic E-state index is 12.2. The number of aromatic nitrogens is 4. The number of thiazole rings is 1. The van der Waals surface area contributed by atoms with Gasteiger partial charge in [0.25, 0.3) is 0 Å². The van der Waals surface area contributed by atoms with Gasteiger partial charge in [0.05, 0.1) is 16.8 Å². The summed E-state index contributed by atoms with van der Waals surface area (Å²) in [6.45, 7) is 0.485. The van der Waals surface area contributed by atoms with Crippen molar-refractivity contribution in [1.82, 2.24) is 19.3 Å². The second-order valence-corrected chi connectivity index (χ2v) is 6.58. The molecule has 6 heteroatoms. The predicted molar refractivity (Wildman–Crippen MR) is 82.8 cm³/mol. The van der Waals surface area contributed by atoms with E-state index in [4.69, 9.17) is 0 Å². The molecular formula is C15H16N4OS. The molecular weight excluding hydrogens is 284 g/mol. The van der Waals surface area contributed by atoms with Gasteiger partial charge in [-0.25, -0.2) is 0 Å². The number of benzene rings is 1. The Hall–Kier alpha value is -1.95. The van der Waals surface area contributed by atoms with E-state index in [1.807, 2.05) is 31.3 Å². The highest BCUT2D eigenvalue weighted by Crippen LogP contribution is 2.35. The van der Waals surface area contributed by atoms with Gasteiger partial charge in [-0.15, -0.1) is 10.2 Å². The van der Waals surface area contributed by atoms with Gasteiger partial charge in [-0.3, -0.25) is 9.36 Å². The Kier molecular flexibility index (Phi) is 2.92. The van der Waals surface area contributed by atoms with Gasteiger partial charge in [0, 0.05) is 13.0 Å². The number of para-hydroxylation sites is 1. The molecule has 2 heterocycles. The van der Waals surface area contributed by atoms with E-state index in [0.29, 0.717) is 12.5 Å². The van der Waals surface area contributed by atoms with Gasteiger partial charge in [-0.1, -0.05) is 29.9 Å². The standard InChI is InChI=1S/C15H16N4OS/c1-18-13(16-17-14(18)10-5-4-6-10)9-19-11-7-2-3-8-12(11)21-15(19)20/h2-3,7-8,10H,4-6,9H2,1H3. The van der Waals surface area contributed by atoms with E-state index in [1.54, 1.807) is 4.57 Å². The van der Waals surface area contributed by atoms with Gasteiger partial charge in [0.2, 0.25) is 0 Å². The minimum atomic E-state index is 0.0596. The van der Waals surface area contributed by atoms with Crippen LogP contribution in [0, 0.1) is 0 Å². The van der Waals surface area contributed by atoms with Crippen molar-refractivity contribution in [2.45, 2.75) is 31.7 Å². The summed E-state index contributed by atoms with van der Waals surface area (Å²) in [7, 11) is 2.00. The number of nitrogens with zero attached hydrogens (tertiary/aromatic N) is 4. The zero-order chi connectivity index (χ0) is 14.4. The Labute approximate surface area is 125 Å². The Bertz CT molecular complexity index is 856. The largest absolute Gasteiger partial charge is 0.316 e. The number of fused-ring (bicyclic) bond motifs is 1. The van der Waals surface area contributed by atoms with Gasteiger partial charge in [0.1, 0.15) is 5.82 Å². The lowest BCUT2D eigenvalue weighted by atomic mass is 9.85. The molecule has 2 aromatic heterocycles. The first kappa shape index (κ1) is 12.8. The number of hydrogen-bond donors (Lipinski definition) is 0. The summed E-state index contributed by atoms with van der Waals surface area (Å²) >= 11 is 1.28. The molecule has 0 unspecified atom stereocenters. The molecule has 1 fully saturated rings. The quantitative estimate of drug-likeness (QED) is 0.747. The average molecular weight is 300 g/mol. The van der Waals surface area contributed by atoms with Crippen molar-refractivity contribution in [3.8, 4) is 0 Å². The fourth-order valence-corrected chi connectivity index (χ4v) is 3.73. The molecule has 0 N–H and O–H groups in total. The zero-order valence-corrected chi connectivity index (χ0v) is 12.6. The monoisotopic (exact) mass is 300 g/mol. The molecule has 0 bridgehead atoms. The first-order valence-corrected chi connectivity index (χ1v) is 8.02. The molecule has 0 radical (unpaired) electrons. The molecule has 1 aliphatic rings. The van der Waals surface area contributed by atoms with Crippen LogP contribution in [0.1, 0.15) is 36.8 Å². The Morgan fingerprint density at radius 2 is 2.10 bits per heavy atom. The van der Waals surface area contributed by atoms with Crippen LogP contribution >= 0.6 is 11.3 Å². The van der Waals surface area contributed by atoms with Crippen LogP contribution in [0.15, 0.2) is 29.1 Å². The summed E-state index contributed by atoms with van der Waals surface area (Å²) in [5, 5.41) is 8.63. The molecule has 0 aliphatic heterocycles. The third-order valence-corrected chi connectivity index (χ3v) is 5.30. The summed E-state index contributed by atoms with van der Waals surface area (Å²) in [5.41, 5.74) is 0.973.